The van der Waals surface area contributed by atoms with Gasteiger partial charge < -0.3 is 0 Å². The van der Waals surface area contributed by atoms with Crippen molar-refractivity contribution in [1.29, 1.82) is 0 Å². The van der Waals surface area contributed by atoms with Crippen LogP contribution in [0, 0.1) is 0 Å². The largest absolute Gasteiger partial charge is 0.298 e. The van der Waals surface area contributed by atoms with E-state index in [0.29, 0.717) is 0 Å². The van der Waals surface area contributed by atoms with Gasteiger partial charge in [-0.1, -0.05) is 123 Å². The Morgan fingerprint density at radius 2 is 1.13 bits per heavy atom. The van der Waals surface area contributed by atoms with Gasteiger partial charge in [0.2, 0.25) is 0 Å². The zero-order chi connectivity index (χ0) is 30.6. The Hall–Kier alpha value is -5.80. The third-order valence-electron chi connectivity index (χ3n) is 10.2. The van der Waals surface area contributed by atoms with E-state index in [-0.39, 0.29) is 5.41 Å². The van der Waals surface area contributed by atoms with Crippen LogP contribution in [0.3, 0.4) is 0 Å². The molecule has 3 heteroatoms. The smallest absolute Gasteiger partial charge is 0.137 e. The van der Waals surface area contributed by atoms with Crippen LogP contribution in [-0.2, 0) is 5.41 Å². The van der Waals surface area contributed by atoms with Crippen LogP contribution < -0.4 is 0 Å². The summed E-state index contributed by atoms with van der Waals surface area (Å²) in [5, 5.41) is 5.89. The minimum Gasteiger partial charge on any atom is -0.298 e. The molecule has 0 bridgehead atoms. The number of hydrogen-bond acceptors (Lipinski definition) is 2. The number of benzene rings is 6. The first-order chi connectivity index (χ1) is 22.6. The molecule has 46 heavy (non-hydrogen) atoms. The Morgan fingerprint density at radius 3 is 1.89 bits per heavy atom. The van der Waals surface area contributed by atoms with Crippen molar-refractivity contribution in [3.8, 4) is 33.5 Å². The lowest BCUT2D eigenvalue weighted by molar-refractivity contribution is 0.660. The fraction of sp³-hybridized carbons (Fsp3) is 0.0698. The second kappa shape index (κ2) is 9.12. The first-order valence-corrected chi connectivity index (χ1v) is 15.9. The molecule has 10 rings (SSSR count). The van der Waals surface area contributed by atoms with Crippen molar-refractivity contribution in [3.63, 3.8) is 0 Å². The Labute approximate surface area is 266 Å². The van der Waals surface area contributed by atoms with Gasteiger partial charge in [-0.15, -0.1) is 0 Å². The molecule has 0 N–H and O–H groups in total. The number of nitrogens with zero attached hydrogens (tertiary/aromatic N) is 3. The summed E-state index contributed by atoms with van der Waals surface area (Å²) >= 11 is 0. The van der Waals surface area contributed by atoms with Gasteiger partial charge in [-0.25, -0.2) is 9.97 Å². The maximum absolute atomic E-state index is 5.43. The van der Waals surface area contributed by atoms with Crippen molar-refractivity contribution in [1.82, 2.24) is 14.4 Å². The SMILES string of the molecule is CC1(C)c2ccccc2-c2ccc(-c3c4ccccc4c(-c4nc5ccccc5c5nc6ccccn6c45)c4ccccc34)cc21. The Morgan fingerprint density at radius 1 is 0.522 bits per heavy atom. The fourth-order valence-electron chi connectivity index (χ4n) is 8.08. The Bertz CT molecular complexity index is 2670. The second-order valence-corrected chi connectivity index (χ2v) is 13.0. The second-order valence-electron chi connectivity index (χ2n) is 13.0. The minimum absolute atomic E-state index is 0.0723. The van der Waals surface area contributed by atoms with E-state index in [0.717, 1.165) is 38.8 Å². The highest BCUT2D eigenvalue weighted by molar-refractivity contribution is 6.24. The predicted octanol–water partition coefficient (Wildman–Crippen LogP) is 11.0. The molecule has 0 unspecified atom stereocenters. The highest BCUT2D eigenvalue weighted by Gasteiger charge is 2.35. The minimum atomic E-state index is -0.0723. The molecule has 0 radical (unpaired) electrons. The number of para-hydroxylation sites is 1. The van der Waals surface area contributed by atoms with E-state index >= 15 is 0 Å². The summed E-state index contributed by atoms with van der Waals surface area (Å²) in [5.74, 6) is 0. The van der Waals surface area contributed by atoms with Crippen LogP contribution in [0.2, 0.25) is 0 Å². The third kappa shape index (κ3) is 3.32. The van der Waals surface area contributed by atoms with Gasteiger partial charge in [0.05, 0.1) is 11.2 Å². The van der Waals surface area contributed by atoms with E-state index in [9.17, 15) is 0 Å². The number of aromatic nitrogens is 3. The average molecular weight is 588 g/mol. The maximum Gasteiger partial charge on any atom is 0.137 e. The molecule has 0 atom stereocenters. The lowest BCUT2D eigenvalue weighted by Crippen LogP contribution is -2.14. The van der Waals surface area contributed by atoms with Crippen molar-refractivity contribution >= 4 is 49.1 Å². The van der Waals surface area contributed by atoms with Crippen LogP contribution in [0.4, 0.5) is 0 Å². The molecule has 6 aromatic carbocycles. The van der Waals surface area contributed by atoms with Gasteiger partial charge in [-0.3, -0.25) is 4.40 Å². The summed E-state index contributed by atoms with van der Waals surface area (Å²) in [7, 11) is 0. The van der Waals surface area contributed by atoms with Crippen molar-refractivity contribution in [2.75, 3.05) is 0 Å². The molecule has 1 aliphatic rings. The molecule has 0 fully saturated rings. The maximum atomic E-state index is 5.43. The van der Waals surface area contributed by atoms with Crippen molar-refractivity contribution in [2.45, 2.75) is 19.3 Å². The first-order valence-electron chi connectivity index (χ1n) is 15.9. The van der Waals surface area contributed by atoms with Crippen molar-refractivity contribution in [3.05, 3.63) is 151 Å². The van der Waals surface area contributed by atoms with E-state index < -0.39 is 0 Å². The topological polar surface area (TPSA) is 30.2 Å². The van der Waals surface area contributed by atoms with Crippen molar-refractivity contribution < 1.29 is 0 Å². The Kier molecular flexibility index (Phi) is 5.06. The first kappa shape index (κ1) is 25.5. The van der Waals surface area contributed by atoms with Crippen LogP contribution in [0.15, 0.2) is 140 Å². The predicted molar refractivity (Wildman–Crippen MR) is 191 cm³/mol. The van der Waals surface area contributed by atoms with Crippen LogP contribution in [-0.4, -0.2) is 14.4 Å². The van der Waals surface area contributed by atoms with Gasteiger partial charge in [-0.05, 0) is 79.2 Å². The van der Waals surface area contributed by atoms with E-state index in [1.165, 1.54) is 54.9 Å². The van der Waals surface area contributed by atoms with Crippen LogP contribution in [0.5, 0.6) is 0 Å². The number of hydrogen-bond donors (Lipinski definition) is 0. The van der Waals surface area contributed by atoms with Crippen molar-refractivity contribution in [2.24, 2.45) is 0 Å². The van der Waals surface area contributed by atoms with E-state index in [1.54, 1.807) is 0 Å². The number of imidazole rings is 1. The van der Waals surface area contributed by atoms with Gasteiger partial charge in [0.25, 0.3) is 0 Å². The van der Waals surface area contributed by atoms with Gasteiger partial charge in [-0.2, -0.15) is 0 Å². The Balaban J connectivity index is 1.34. The van der Waals surface area contributed by atoms with Gasteiger partial charge in [0, 0.05) is 22.6 Å². The van der Waals surface area contributed by atoms with Gasteiger partial charge in [0.15, 0.2) is 0 Å². The highest BCUT2D eigenvalue weighted by Crippen LogP contribution is 2.51. The molecule has 9 aromatic rings. The van der Waals surface area contributed by atoms with Gasteiger partial charge in [0.1, 0.15) is 16.7 Å². The quantitative estimate of drug-likeness (QED) is 0.188. The van der Waals surface area contributed by atoms with Crippen LogP contribution in [0.1, 0.15) is 25.0 Å². The van der Waals surface area contributed by atoms with E-state index in [1.807, 2.05) is 6.07 Å². The van der Waals surface area contributed by atoms with Crippen LogP contribution in [0.25, 0.3) is 82.6 Å². The lowest BCUT2D eigenvalue weighted by Gasteiger charge is -2.23. The summed E-state index contributed by atoms with van der Waals surface area (Å²) in [4.78, 5) is 10.6. The monoisotopic (exact) mass is 587 g/mol. The standard InChI is InChI=1S/C43H29N3/c1-43(2)34-19-9-7-13-27(34)28-23-22-26(25-35(28)43)38-29-14-3-5-16-31(29)39(32-17-6-4-15-30(32)38)41-42-40(33-18-8-10-20-36(33)44-41)45-37-21-11-12-24-46(37)42/h3-25H,1-2H3. The third-order valence-corrected chi connectivity index (χ3v) is 10.2. The highest BCUT2D eigenvalue weighted by atomic mass is 15.0. The molecular weight excluding hydrogens is 558 g/mol. The number of pyridine rings is 2. The molecule has 1 aliphatic carbocycles. The molecule has 0 saturated heterocycles. The zero-order valence-corrected chi connectivity index (χ0v) is 25.6. The number of rotatable bonds is 2. The molecule has 3 heterocycles. The summed E-state index contributed by atoms with van der Waals surface area (Å²) in [6, 6.07) is 48.2. The number of fused-ring (bicyclic) bond motifs is 10. The molecule has 216 valence electrons. The van der Waals surface area contributed by atoms with E-state index in [4.69, 9.17) is 9.97 Å². The lowest BCUT2D eigenvalue weighted by atomic mass is 9.80. The summed E-state index contributed by atoms with van der Waals surface area (Å²) in [6.45, 7) is 4.71. The normalized spacial score (nSPS) is 13.6. The summed E-state index contributed by atoms with van der Waals surface area (Å²) < 4.78 is 2.20. The molecule has 0 amide bonds. The average Bonchev–Trinajstić information content (AvgIpc) is 3.60. The molecule has 0 saturated carbocycles. The van der Waals surface area contributed by atoms with Crippen LogP contribution >= 0.6 is 0 Å². The molecule has 0 spiro atoms. The molecule has 3 nitrogen and oxygen atoms in total. The zero-order valence-electron chi connectivity index (χ0n) is 25.6. The summed E-state index contributed by atoms with van der Waals surface area (Å²) in [5.41, 5.74) is 13.9. The summed E-state index contributed by atoms with van der Waals surface area (Å²) in [6.07, 6.45) is 2.10. The van der Waals surface area contributed by atoms with E-state index in [2.05, 4.69) is 152 Å². The molecule has 3 aromatic heterocycles. The fourth-order valence-corrected chi connectivity index (χ4v) is 8.08. The molecular formula is C43H29N3. The van der Waals surface area contributed by atoms with Gasteiger partial charge >= 0.3 is 0 Å². The molecule has 0 aliphatic heterocycles.